The number of carbonyl (C=O) groups is 1. The van der Waals surface area contributed by atoms with Crippen LogP contribution in [0.5, 0.6) is 0 Å². The average Bonchev–Trinajstić information content (AvgIpc) is 2.84. The fraction of sp³-hybridized carbons (Fsp3) is 0.533. The summed E-state index contributed by atoms with van der Waals surface area (Å²) in [7, 11) is 0. The summed E-state index contributed by atoms with van der Waals surface area (Å²) in [5.41, 5.74) is 2.17. The van der Waals surface area contributed by atoms with E-state index in [0.717, 1.165) is 6.42 Å². The van der Waals surface area contributed by atoms with Gasteiger partial charge in [-0.2, -0.15) is 0 Å². The molecule has 6 heteroatoms. The van der Waals surface area contributed by atoms with Gasteiger partial charge in [0.15, 0.2) is 0 Å². The molecular weight excluding hydrogens is 270 g/mol. The second kappa shape index (κ2) is 6.22. The van der Waals surface area contributed by atoms with E-state index in [4.69, 9.17) is 4.52 Å². The highest BCUT2D eigenvalue weighted by Crippen LogP contribution is 2.22. The third-order valence-corrected chi connectivity index (χ3v) is 3.83. The molecule has 21 heavy (non-hydrogen) atoms. The van der Waals surface area contributed by atoms with Crippen LogP contribution in [0.15, 0.2) is 10.6 Å². The van der Waals surface area contributed by atoms with Crippen LogP contribution in [0.2, 0.25) is 0 Å². The van der Waals surface area contributed by atoms with E-state index in [9.17, 15) is 9.90 Å². The number of aliphatic hydroxyl groups excluding tert-OH is 1. The molecule has 6 nitrogen and oxygen atoms in total. The normalized spacial score (nSPS) is 14.1. The van der Waals surface area contributed by atoms with Crippen molar-refractivity contribution >= 4 is 17.0 Å². The molecule has 0 fully saturated rings. The molecule has 2 rings (SSSR count). The number of pyridine rings is 1. The van der Waals surface area contributed by atoms with Gasteiger partial charge >= 0.3 is 0 Å². The predicted octanol–water partition coefficient (Wildman–Crippen LogP) is 1.98. The molecule has 0 saturated heterocycles. The van der Waals surface area contributed by atoms with E-state index in [2.05, 4.69) is 15.5 Å². The van der Waals surface area contributed by atoms with Gasteiger partial charge in [0, 0.05) is 5.69 Å². The van der Waals surface area contributed by atoms with Crippen LogP contribution in [0, 0.1) is 19.8 Å². The first-order valence-corrected chi connectivity index (χ1v) is 7.13. The van der Waals surface area contributed by atoms with Crippen LogP contribution in [-0.2, 0) is 0 Å². The van der Waals surface area contributed by atoms with Gasteiger partial charge < -0.3 is 14.9 Å². The topological polar surface area (TPSA) is 88.2 Å². The highest BCUT2D eigenvalue weighted by molar-refractivity contribution is 6.06. The molecular formula is C15H21N3O3. The Morgan fingerprint density at radius 3 is 2.81 bits per heavy atom. The number of aliphatic hydroxyl groups is 1. The molecule has 114 valence electrons. The number of hydrogen-bond donors (Lipinski definition) is 2. The van der Waals surface area contributed by atoms with Gasteiger partial charge in [-0.05, 0) is 25.8 Å². The standard InChI is InChI=1S/C15H21N3O3/c1-5-8(2)12(7-19)17-14(20)11-6-9(3)16-15-13(11)10(4)18-21-15/h6,8,12,19H,5,7H2,1-4H3,(H,17,20). The highest BCUT2D eigenvalue weighted by Gasteiger charge is 2.22. The van der Waals surface area contributed by atoms with Gasteiger partial charge in [-0.15, -0.1) is 0 Å². The minimum atomic E-state index is -0.272. The summed E-state index contributed by atoms with van der Waals surface area (Å²) in [4.78, 5) is 16.8. The zero-order valence-corrected chi connectivity index (χ0v) is 12.8. The van der Waals surface area contributed by atoms with Crippen molar-refractivity contribution in [3.63, 3.8) is 0 Å². The van der Waals surface area contributed by atoms with Crippen LogP contribution < -0.4 is 5.32 Å². The van der Waals surface area contributed by atoms with Crippen molar-refractivity contribution in [1.82, 2.24) is 15.5 Å². The summed E-state index contributed by atoms with van der Waals surface area (Å²) >= 11 is 0. The third-order valence-electron chi connectivity index (χ3n) is 3.83. The van der Waals surface area contributed by atoms with Gasteiger partial charge in [-0.1, -0.05) is 25.4 Å². The summed E-state index contributed by atoms with van der Waals surface area (Å²) in [6.45, 7) is 7.51. The lowest BCUT2D eigenvalue weighted by atomic mass is 9.99. The van der Waals surface area contributed by atoms with Crippen molar-refractivity contribution in [2.24, 2.45) is 5.92 Å². The molecule has 0 aliphatic heterocycles. The van der Waals surface area contributed by atoms with Gasteiger partial charge in [0.2, 0.25) is 0 Å². The molecule has 0 bridgehead atoms. The molecule has 0 aliphatic rings. The molecule has 2 atom stereocenters. The second-order valence-corrected chi connectivity index (χ2v) is 5.41. The Morgan fingerprint density at radius 2 is 2.19 bits per heavy atom. The second-order valence-electron chi connectivity index (χ2n) is 5.41. The molecule has 0 saturated carbocycles. The van der Waals surface area contributed by atoms with Gasteiger partial charge in [-0.3, -0.25) is 4.79 Å². The number of rotatable bonds is 5. The lowest BCUT2D eigenvalue weighted by Gasteiger charge is -2.22. The lowest BCUT2D eigenvalue weighted by Crippen LogP contribution is -2.42. The molecule has 2 N–H and O–H groups in total. The van der Waals surface area contributed by atoms with Crippen molar-refractivity contribution < 1.29 is 14.4 Å². The summed E-state index contributed by atoms with van der Waals surface area (Å²) in [5, 5.41) is 16.8. The van der Waals surface area contributed by atoms with E-state index in [1.807, 2.05) is 13.8 Å². The number of aromatic nitrogens is 2. The Bertz CT molecular complexity index is 651. The molecule has 0 aromatic carbocycles. The number of carbonyl (C=O) groups excluding carboxylic acids is 1. The molecule has 1 amide bonds. The quantitative estimate of drug-likeness (QED) is 0.879. The van der Waals surface area contributed by atoms with Gasteiger partial charge in [0.05, 0.1) is 29.3 Å². The van der Waals surface area contributed by atoms with Crippen molar-refractivity contribution in [2.75, 3.05) is 6.61 Å². The van der Waals surface area contributed by atoms with E-state index in [1.54, 1.807) is 19.9 Å². The Kier molecular flexibility index (Phi) is 4.57. The van der Waals surface area contributed by atoms with E-state index in [0.29, 0.717) is 28.1 Å². The summed E-state index contributed by atoms with van der Waals surface area (Å²) < 4.78 is 5.13. The molecule has 0 aliphatic carbocycles. The van der Waals surface area contributed by atoms with Gasteiger partial charge in [0.25, 0.3) is 11.6 Å². The van der Waals surface area contributed by atoms with Crippen molar-refractivity contribution in [2.45, 2.75) is 40.2 Å². The molecule has 2 aromatic heterocycles. The minimum absolute atomic E-state index is 0.0867. The third kappa shape index (κ3) is 3.05. The van der Waals surface area contributed by atoms with Gasteiger partial charge in [-0.25, -0.2) is 4.98 Å². The lowest BCUT2D eigenvalue weighted by molar-refractivity contribution is 0.0893. The molecule has 2 unspecified atom stereocenters. The first-order valence-electron chi connectivity index (χ1n) is 7.13. The molecule has 0 spiro atoms. The Morgan fingerprint density at radius 1 is 1.48 bits per heavy atom. The number of fused-ring (bicyclic) bond motifs is 1. The van der Waals surface area contributed by atoms with Crippen LogP contribution in [-0.4, -0.2) is 33.8 Å². The van der Waals surface area contributed by atoms with E-state index >= 15 is 0 Å². The first-order chi connectivity index (χ1) is 9.97. The molecule has 2 aromatic rings. The van der Waals surface area contributed by atoms with Crippen LogP contribution in [0.4, 0.5) is 0 Å². The fourth-order valence-corrected chi connectivity index (χ4v) is 2.30. The SMILES string of the molecule is CCC(C)C(CO)NC(=O)c1cc(C)nc2onc(C)c12. The Labute approximate surface area is 123 Å². The fourth-order valence-electron chi connectivity index (χ4n) is 2.30. The van der Waals surface area contributed by atoms with E-state index in [-0.39, 0.29) is 24.5 Å². The number of nitrogens with zero attached hydrogens (tertiary/aromatic N) is 2. The number of aryl methyl sites for hydroxylation is 2. The monoisotopic (exact) mass is 291 g/mol. The minimum Gasteiger partial charge on any atom is -0.394 e. The Balaban J connectivity index is 2.37. The molecule has 0 radical (unpaired) electrons. The van der Waals surface area contributed by atoms with Gasteiger partial charge in [0.1, 0.15) is 0 Å². The van der Waals surface area contributed by atoms with Crippen molar-refractivity contribution in [3.8, 4) is 0 Å². The smallest absolute Gasteiger partial charge is 0.258 e. The zero-order valence-electron chi connectivity index (χ0n) is 12.8. The number of nitrogens with one attached hydrogen (secondary N) is 1. The maximum Gasteiger partial charge on any atom is 0.258 e. The van der Waals surface area contributed by atoms with Crippen LogP contribution in [0.25, 0.3) is 11.1 Å². The average molecular weight is 291 g/mol. The maximum absolute atomic E-state index is 12.5. The van der Waals surface area contributed by atoms with E-state index < -0.39 is 0 Å². The predicted molar refractivity (Wildman–Crippen MR) is 79.1 cm³/mol. The van der Waals surface area contributed by atoms with Crippen LogP contribution in [0.3, 0.4) is 0 Å². The van der Waals surface area contributed by atoms with E-state index in [1.165, 1.54) is 0 Å². The highest BCUT2D eigenvalue weighted by atomic mass is 16.5. The largest absolute Gasteiger partial charge is 0.394 e. The maximum atomic E-state index is 12.5. The van der Waals surface area contributed by atoms with Crippen molar-refractivity contribution in [1.29, 1.82) is 0 Å². The Hall–Kier alpha value is -1.95. The first kappa shape index (κ1) is 15.4. The number of hydrogen-bond acceptors (Lipinski definition) is 5. The number of amides is 1. The van der Waals surface area contributed by atoms with Crippen LogP contribution in [0.1, 0.15) is 42.0 Å². The summed E-state index contributed by atoms with van der Waals surface area (Å²) in [6.07, 6.45) is 0.878. The summed E-state index contributed by atoms with van der Waals surface area (Å²) in [5.74, 6) is -0.0444. The zero-order chi connectivity index (χ0) is 15.6. The summed E-state index contributed by atoms with van der Waals surface area (Å²) in [6, 6.07) is 1.44. The van der Waals surface area contributed by atoms with Crippen LogP contribution >= 0.6 is 0 Å². The molecule has 2 heterocycles. The van der Waals surface area contributed by atoms with Crippen molar-refractivity contribution in [3.05, 3.63) is 23.0 Å².